The lowest BCUT2D eigenvalue weighted by molar-refractivity contribution is 0.602. The monoisotopic (exact) mass is 194 g/mol. The topological polar surface area (TPSA) is 0 Å². The number of hydrogen-bond acceptors (Lipinski definition) is 0. The van der Waals surface area contributed by atoms with Crippen molar-refractivity contribution in [2.75, 3.05) is 0 Å². The third-order valence-electron chi connectivity index (χ3n) is 2.38. The number of rotatable bonds is 9. The summed E-state index contributed by atoms with van der Waals surface area (Å²) >= 11 is 0. The zero-order valence-corrected chi connectivity index (χ0v) is 10.0. The predicted octanol–water partition coefficient (Wildman–Crippen LogP) is 5.11. The van der Waals surface area contributed by atoms with Gasteiger partial charge in [0.1, 0.15) is 0 Å². The molecule has 0 saturated heterocycles. The highest BCUT2D eigenvalue weighted by atomic mass is 14.0. The Morgan fingerprint density at radius 1 is 0.929 bits per heavy atom. The van der Waals surface area contributed by atoms with Gasteiger partial charge in [0, 0.05) is 0 Å². The van der Waals surface area contributed by atoms with Crippen LogP contribution in [0.25, 0.3) is 0 Å². The zero-order valence-electron chi connectivity index (χ0n) is 10.0. The van der Waals surface area contributed by atoms with E-state index in [-0.39, 0.29) is 0 Å². The summed E-state index contributed by atoms with van der Waals surface area (Å²) in [7, 11) is 0. The SMILES string of the molecule is [CH2]CC=CCCCCCCC[C](C)C. The maximum Gasteiger partial charge on any atom is -0.0303 e. The van der Waals surface area contributed by atoms with E-state index in [1.54, 1.807) is 5.92 Å². The molecule has 0 unspecified atom stereocenters. The normalized spacial score (nSPS) is 11.7. The van der Waals surface area contributed by atoms with Gasteiger partial charge >= 0.3 is 0 Å². The second-order valence-corrected chi connectivity index (χ2v) is 4.27. The number of unbranched alkanes of at least 4 members (excludes halogenated alkanes) is 5. The third-order valence-corrected chi connectivity index (χ3v) is 2.38. The fraction of sp³-hybridized carbons (Fsp3) is 0.714. The molecular formula is C14H26. The average Bonchev–Trinajstić information content (AvgIpc) is 2.15. The van der Waals surface area contributed by atoms with Crippen LogP contribution in [0.15, 0.2) is 12.2 Å². The van der Waals surface area contributed by atoms with Crippen molar-refractivity contribution in [2.24, 2.45) is 0 Å². The minimum absolute atomic E-state index is 0.936. The molecule has 0 bridgehead atoms. The highest BCUT2D eigenvalue weighted by molar-refractivity contribution is 4.81. The van der Waals surface area contributed by atoms with Crippen molar-refractivity contribution < 1.29 is 0 Å². The fourth-order valence-corrected chi connectivity index (χ4v) is 1.51. The molecule has 0 heterocycles. The van der Waals surface area contributed by atoms with Crippen LogP contribution >= 0.6 is 0 Å². The molecule has 0 aromatic rings. The van der Waals surface area contributed by atoms with Crippen molar-refractivity contribution in [3.8, 4) is 0 Å². The van der Waals surface area contributed by atoms with E-state index in [4.69, 9.17) is 0 Å². The summed E-state index contributed by atoms with van der Waals surface area (Å²) in [5, 5.41) is 0. The molecule has 0 heteroatoms. The second-order valence-electron chi connectivity index (χ2n) is 4.27. The molecule has 0 atom stereocenters. The minimum Gasteiger partial charge on any atom is -0.0885 e. The first-order chi connectivity index (χ1) is 6.77. The molecule has 82 valence electrons. The molecule has 0 fully saturated rings. The Hall–Kier alpha value is -0.260. The van der Waals surface area contributed by atoms with E-state index in [1.807, 2.05) is 0 Å². The zero-order chi connectivity index (χ0) is 10.6. The lowest BCUT2D eigenvalue weighted by atomic mass is 10.0. The first-order valence-electron chi connectivity index (χ1n) is 6.00. The van der Waals surface area contributed by atoms with E-state index in [2.05, 4.69) is 32.9 Å². The fourth-order valence-electron chi connectivity index (χ4n) is 1.51. The summed E-state index contributed by atoms with van der Waals surface area (Å²) in [6.45, 7) is 8.22. The predicted molar refractivity (Wildman–Crippen MR) is 66.0 cm³/mol. The van der Waals surface area contributed by atoms with E-state index in [9.17, 15) is 0 Å². The highest BCUT2D eigenvalue weighted by Gasteiger charge is 1.94. The largest absolute Gasteiger partial charge is 0.0885 e. The standard InChI is InChI=1S/C14H26/c1-4-5-6-7-8-9-10-11-12-13-14(2)3/h5-6H,1,4,7-13H2,2-3H3. The van der Waals surface area contributed by atoms with Gasteiger partial charge in [0.05, 0.1) is 0 Å². The van der Waals surface area contributed by atoms with E-state index in [0.717, 1.165) is 6.42 Å². The van der Waals surface area contributed by atoms with Crippen LogP contribution in [0.4, 0.5) is 0 Å². The van der Waals surface area contributed by atoms with Gasteiger partial charge < -0.3 is 0 Å². The molecule has 0 amide bonds. The summed E-state index contributed by atoms with van der Waals surface area (Å²) in [4.78, 5) is 0. The Kier molecular flexibility index (Phi) is 10.6. The quantitative estimate of drug-likeness (QED) is 0.353. The smallest absolute Gasteiger partial charge is 0.0303 e. The second kappa shape index (κ2) is 10.8. The van der Waals surface area contributed by atoms with Crippen molar-refractivity contribution in [2.45, 2.75) is 65.2 Å². The first kappa shape index (κ1) is 13.7. The number of hydrogen-bond donors (Lipinski definition) is 0. The maximum absolute atomic E-state index is 3.77. The van der Waals surface area contributed by atoms with Gasteiger partial charge in [-0.1, -0.05) is 51.7 Å². The Labute approximate surface area is 90.8 Å². The molecule has 0 aliphatic heterocycles. The van der Waals surface area contributed by atoms with Crippen LogP contribution in [0, 0.1) is 12.8 Å². The van der Waals surface area contributed by atoms with Gasteiger partial charge in [-0.3, -0.25) is 0 Å². The van der Waals surface area contributed by atoms with Gasteiger partial charge in [0.2, 0.25) is 0 Å². The minimum atomic E-state index is 0.936. The molecular weight excluding hydrogens is 168 g/mol. The van der Waals surface area contributed by atoms with E-state index in [1.165, 1.54) is 44.9 Å². The van der Waals surface area contributed by atoms with E-state index >= 15 is 0 Å². The Morgan fingerprint density at radius 2 is 1.57 bits per heavy atom. The van der Waals surface area contributed by atoms with E-state index in [0.29, 0.717) is 0 Å². The lowest BCUT2D eigenvalue weighted by Gasteiger charge is -2.03. The summed E-state index contributed by atoms with van der Waals surface area (Å²) < 4.78 is 0. The molecule has 0 aromatic carbocycles. The summed E-state index contributed by atoms with van der Waals surface area (Å²) in [5.41, 5.74) is 0. The van der Waals surface area contributed by atoms with Crippen molar-refractivity contribution in [1.82, 2.24) is 0 Å². The Bertz CT molecular complexity index is 122. The third kappa shape index (κ3) is 11.7. The van der Waals surface area contributed by atoms with Crippen LogP contribution in [0.5, 0.6) is 0 Å². The Balaban J connectivity index is 2.95. The van der Waals surface area contributed by atoms with Crippen molar-refractivity contribution >= 4 is 0 Å². The van der Waals surface area contributed by atoms with Crippen molar-refractivity contribution in [1.29, 1.82) is 0 Å². The molecule has 0 aliphatic carbocycles. The summed E-state index contributed by atoms with van der Waals surface area (Å²) in [6, 6.07) is 0. The van der Waals surface area contributed by atoms with Gasteiger partial charge in [-0.25, -0.2) is 0 Å². The van der Waals surface area contributed by atoms with Gasteiger partial charge in [0.25, 0.3) is 0 Å². The van der Waals surface area contributed by atoms with Gasteiger partial charge in [0.15, 0.2) is 0 Å². The maximum atomic E-state index is 3.77. The van der Waals surface area contributed by atoms with E-state index < -0.39 is 0 Å². The molecule has 0 nitrogen and oxygen atoms in total. The van der Waals surface area contributed by atoms with Crippen LogP contribution in [0.3, 0.4) is 0 Å². The van der Waals surface area contributed by atoms with Crippen LogP contribution in [-0.4, -0.2) is 0 Å². The molecule has 0 aliphatic rings. The van der Waals surface area contributed by atoms with Gasteiger partial charge in [-0.15, -0.1) is 0 Å². The molecule has 0 N–H and O–H groups in total. The summed E-state index contributed by atoms with van der Waals surface area (Å²) in [6.07, 6.45) is 14.9. The number of allylic oxidation sites excluding steroid dienone is 2. The summed E-state index contributed by atoms with van der Waals surface area (Å²) in [5.74, 6) is 1.57. The Morgan fingerprint density at radius 3 is 2.21 bits per heavy atom. The lowest BCUT2D eigenvalue weighted by Crippen LogP contribution is -1.85. The van der Waals surface area contributed by atoms with Crippen LogP contribution in [0.1, 0.15) is 65.2 Å². The average molecular weight is 194 g/mol. The van der Waals surface area contributed by atoms with Crippen molar-refractivity contribution in [3.05, 3.63) is 25.0 Å². The van der Waals surface area contributed by atoms with Crippen molar-refractivity contribution in [3.63, 3.8) is 0 Å². The molecule has 14 heavy (non-hydrogen) atoms. The van der Waals surface area contributed by atoms with Gasteiger partial charge in [-0.05, 0) is 38.5 Å². The molecule has 2 radical (unpaired) electrons. The van der Waals surface area contributed by atoms with Crippen LogP contribution in [-0.2, 0) is 0 Å². The van der Waals surface area contributed by atoms with Gasteiger partial charge in [-0.2, -0.15) is 0 Å². The molecule has 0 saturated carbocycles. The molecule has 0 rings (SSSR count). The molecule has 0 spiro atoms. The molecule has 0 aromatic heterocycles. The van der Waals surface area contributed by atoms with Crippen LogP contribution < -0.4 is 0 Å². The van der Waals surface area contributed by atoms with Crippen LogP contribution in [0.2, 0.25) is 0 Å². The highest BCUT2D eigenvalue weighted by Crippen LogP contribution is 2.12. The first-order valence-corrected chi connectivity index (χ1v) is 6.00.